The lowest BCUT2D eigenvalue weighted by Crippen LogP contribution is -2.05. The molecular formula is C13H13FO2. The summed E-state index contributed by atoms with van der Waals surface area (Å²) in [6.07, 6.45) is 0. The van der Waals surface area contributed by atoms with Crippen molar-refractivity contribution in [2.75, 3.05) is 0 Å². The summed E-state index contributed by atoms with van der Waals surface area (Å²) in [7, 11) is 0. The van der Waals surface area contributed by atoms with Crippen LogP contribution in [0.25, 0.3) is 11.0 Å². The third-order valence-corrected chi connectivity index (χ3v) is 2.53. The quantitative estimate of drug-likeness (QED) is 0.722. The maximum Gasteiger partial charge on any atom is 0.200 e. The molecule has 0 N–H and O–H groups in total. The van der Waals surface area contributed by atoms with Gasteiger partial charge in [-0.05, 0) is 30.7 Å². The summed E-state index contributed by atoms with van der Waals surface area (Å²) >= 11 is 0. The van der Waals surface area contributed by atoms with E-state index in [-0.39, 0.29) is 17.5 Å². The van der Waals surface area contributed by atoms with Crippen molar-refractivity contribution in [3.8, 4) is 0 Å². The average molecular weight is 220 g/mol. The van der Waals surface area contributed by atoms with E-state index >= 15 is 0 Å². The van der Waals surface area contributed by atoms with Gasteiger partial charge in [0.15, 0.2) is 5.76 Å². The van der Waals surface area contributed by atoms with Gasteiger partial charge in [-0.15, -0.1) is 0 Å². The van der Waals surface area contributed by atoms with Crippen LogP contribution < -0.4 is 0 Å². The Morgan fingerprint density at radius 2 is 2.00 bits per heavy atom. The maximum atomic E-state index is 13.1. The standard InChI is InChI=1S/C13H13FO2/c1-7(2)12(15)11-6-9-5-10(14)4-8(3)13(9)16-11/h4-7H,1-3H3. The van der Waals surface area contributed by atoms with Crippen LogP contribution in [0.15, 0.2) is 22.6 Å². The fraction of sp³-hybridized carbons (Fsp3) is 0.308. The van der Waals surface area contributed by atoms with Crippen molar-refractivity contribution in [3.63, 3.8) is 0 Å². The number of rotatable bonds is 2. The van der Waals surface area contributed by atoms with Crippen LogP contribution in [0.1, 0.15) is 30.0 Å². The summed E-state index contributed by atoms with van der Waals surface area (Å²) in [5.74, 6) is -0.185. The zero-order valence-electron chi connectivity index (χ0n) is 9.50. The SMILES string of the molecule is Cc1cc(F)cc2cc(C(=O)C(C)C)oc12. The number of halogens is 1. The minimum absolute atomic E-state index is 0.0593. The molecule has 0 fully saturated rings. The fourth-order valence-electron chi connectivity index (χ4n) is 1.69. The molecule has 3 heteroatoms. The molecule has 0 saturated carbocycles. The van der Waals surface area contributed by atoms with Crippen molar-refractivity contribution >= 4 is 16.8 Å². The van der Waals surface area contributed by atoms with Crippen LogP contribution in [0.5, 0.6) is 0 Å². The van der Waals surface area contributed by atoms with Crippen LogP contribution in [0.3, 0.4) is 0 Å². The molecule has 0 bridgehead atoms. The molecule has 0 saturated heterocycles. The summed E-state index contributed by atoms with van der Waals surface area (Å²) in [5.41, 5.74) is 1.29. The van der Waals surface area contributed by atoms with E-state index in [9.17, 15) is 9.18 Å². The fourth-order valence-corrected chi connectivity index (χ4v) is 1.69. The Morgan fingerprint density at radius 3 is 2.62 bits per heavy atom. The van der Waals surface area contributed by atoms with Gasteiger partial charge >= 0.3 is 0 Å². The number of fused-ring (bicyclic) bond motifs is 1. The zero-order chi connectivity index (χ0) is 11.9. The Hall–Kier alpha value is -1.64. The normalized spacial score (nSPS) is 11.3. The summed E-state index contributed by atoms with van der Waals surface area (Å²) in [5, 5.41) is 0.640. The van der Waals surface area contributed by atoms with E-state index in [4.69, 9.17) is 4.42 Å². The first-order valence-corrected chi connectivity index (χ1v) is 5.23. The van der Waals surface area contributed by atoms with Crippen molar-refractivity contribution in [2.24, 2.45) is 5.92 Å². The van der Waals surface area contributed by atoms with Gasteiger partial charge in [0.2, 0.25) is 5.78 Å². The lowest BCUT2D eigenvalue weighted by Gasteiger charge is -1.98. The molecule has 0 aliphatic heterocycles. The summed E-state index contributed by atoms with van der Waals surface area (Å²) in [6.45, 7) is 5.38. The molecule has 0 aliphatic carbocycles. The van der Waals surface area contributed by atoms with E-state index in [0.29, 0.717) is 22.3 Å². The lowest BCUT2D eigenvalue weighted by molar-refractivity contribution is 0.0913. The lowest BCUT2D eigenvalue weighted by atomic mass is 10.1. The van der Waals surface area contributed by atoms with Gasteiger partial charge in [0.1, 0.15) is 11.4 Å². The average Bonchev–Trinajstić information content (AvgIpc) is 2.60. The Bertz CT molecular complexity index is 552. The highest BCUT2D eigenvalue weighted by molar-refractivity contribution is 5.99. The molecule has 0 unspecified atom stereocenters. The molecule has 16 heavy (non-hydrogen) atoms. The van der Waals surface area contributed by atoms with Gasteiger partial charge < -0.3 is 4.42 Å². The van der Waals surface area contributed by atoms with Crippen LogP contribution in [0, 0.1) is 18.7 Å². The number of carbonyl (C=O) groups excluding carboxylic acids is 1. The highest BCUT2D eigenvalue weighted by atomic mass is 19.1. The van der Waals surface area contributed by atoms with Gasteiger partial charge in [-0.25, -0.2) is 4.39 Å². The number of furan rings is 1. The second-order valence-corrected chi connectivity index (χ2v) is 4.27. The highest BCUT2D eigenvalue weighted by Gasteiger charge is 2.16. The highest BCUT2D eigenvalue weighted by Crippen LogP contribution is 2.25. The van der Waals surface area contributed by atoms with Crippen molar-refractivity contribution in [3.05, 3.63) is 35.3 Å². The first-order valence-electron chi connectivity index (χ1n) is 5.23. The summed E-state index contributed by atoms with van der Waals surface area (Å²) in [4.78, 5) is 11.7. The largest absolute Gasteiger partial charge is 0.453 e. The van der Waals surface area contributed by atoms with Gasteiger partial charge in [-0.3, -0.25) is 4.79 Å². The zero-order valence-corrected chi connectivity index (χ0v) is 9.50. The molecule has 0 spiro atoms. The molecule has 1 aromatic carbocycles. The topological polar surface area (TPSA) is 30.2 Å². The molecule has 0 radical (unpaired) electrons. The molecule has 84 valence electrons. The third-order valence-electron chi connectivity index (χ3n) is 2.53. The Morgan fingerprint density at radius 1 is 1.31 bits per heavy atom. The number of hydrogen-bond acceptors (Lipinski definition) is 2. The van der Waals surface area contributed by atoms with Gasteiger partial charge in [-0.2, -0.15) is 0 Å². The monoisotopic (exact) mass is 220 g/mol. The molecule has 1 aromatic heterocycles. The predicted molar refractivity (Wildman–Crippen MR) is 60.1 cm³/mol. The van der Waals surface area contributed by atoms with E-state index in [1.165, 1.54) is 12.1 Å². The van der Waals surface area contributed by atoms with Crippen molar-refractivity contribution in [1.29, 1.82) is 0 Å². The maximum absolute atomic E-state index is 13.1. The first kappa shape index (κ1) is 10.9. The smallest absolute Gasteiger partial charge is 0.200 e. The van der Waals surface area contributed by atoms with Crippen LogP contribution in [-0.4, -0.2) is 5.78 Å². The number of ketones is 1. The molecule has 0 amide bonds. The van der Waals surface area contributed by atoms with E-state index in [1.807, 2.05) is 13.8 Å². The van der Waals surface area contributed by atoms with Gasteiger partial charge in [-0.1, -0.05) is 13.8 Å². The van der Waals surface area contributed by atoms with Crippen LogP contribution >= 0.6 is 0 Å². The third kappa shape index (κ3) is 1.73. The number of Topliss-reactive ketones (excluding diaryl/α,β-unsaturated/α-hetero) is 1. The Labute approximate surface area is 93.1 Å². The van der Waals surface area contributed by atoms with Gasteiger partial charge in [0, 0.05) is 11.3 Å². The number of benzene rings is 1. The minimum Gasteiger partial charge on any atom is -0.453 e. The van der Waals surface area contributed by atoms with E-state index in [1.54, 1.807) is 13.0 Å². The molecule has 2 rings (SSSR count). The van der Waals surface area contributed by atoms with Gasteiger partial charge in [0.25, 0.3) is 0 Å². The Balaban J connectivity index is 2.60. The van der Waals surface area contributed by atoms with Crippen molar-refractivity contribution in [2.45, 2.75) is 20.8 Å². The predicted octanol–water partition coefficient (Wildman–Crippen LogP) is 3.72. The first-order chi connectivity index (χ1) is 7.49. The molecule has 2 aromatic rings. The van der Waals surface area contributed by atoms with E-state index in [2.05, 4.69) is 0 Å². The number of aryl methyl sites for hydroxylation is 1. The van der Waals surface area contributed by atoms with Crippen molar-refractivity contribution in [1.82, 2.24) is 0 Å². The molecule has 2 nitrogen and oxygen atoms in total. The summed E-state index contributed by atoms with van der Waals surface area (Å²) in [6, 6.07) is 4.38. The van der Waals surface area contributed by atoms with Crippen molar-refractivity contribution < 1.29 is 13.6 Å². The number of carbonyl (C=O) groups is 1. The molecule has 1 heterocycles. The molecule has 0 atom stereocenters. The number of hydrogen-bond donors (Lipinski definition) is 0. The second-order valence-electron chi connectivity index (χ2n) is 4.27. The summed E-state index contributed by atoms with van der Waals surface area (Å²) < 4.78 is 18.6. The van der Waals surface area contributed by atoms with Crippen LogP contribution in [-0.2, 0) is 0 Å². The van der Waals surface area contributed by atoms with E-state index < -0.39 is 0 Å². The van der Waals surface area contributed by atoms with Crippen LogP contribution in [0.4, 0.5) is 4.39 Å². The molecular weight excluding hydrogens is 207 g/mol. The minimum atomic E-state index is -0.311. The second kappa shape index (κ2) is 3.74. The van der Waals surface area contributed by atoms with E-state index in [0.717, 1.165) is 0 Å². The van der Waals surface area contributed by atoms with Crippen LogP contribution in [0.2, 0.25) is 0 Å². The van der Waals surface area contributed by atoms with Gasteiger partial charge in [0.05, 0.1) is 0 Å². The molecule has 0 aliphatic rings. The Kier molecular flexibility index (Phi) is 2.54.